The average Bonchev–Trinajstić information content (AvgIpc) is 2.69. The maximum Gasteiger partial charge on any atom is 0.225 e. The molecule has 3 rings (SSSR count). The predicted molar refractivity (Wildman–Crippen MR) is 104 cm³/mol. The molecule has 6 heteroatoms. The summed E-state index contributed by atoms with van der Waals surface area (Å²) in [6, 6.07) is 11.6. The number of rotatable bonds is 5. The van der Waals surface area contributed by atoms with Crippen molar-refractivity contribution in [3.8, 4) is 5.75 Å². The van der Waals surface area contributed by atoms with Crippen molar-refractivity contribution in [1.82, 2.24) is 9.88 Å². The standard InChI is InChI=1S/C20H24ClN3O2/c1-23(14-15-3-6-18(26-2)7-4-15)20(25)16-9-11-24(12-10-16)19-8-5-17(21)13-22-19/h3-8,13,16H,9-12,14H2,1-2H3. The number of piperidine rings is 1. The third-order valence-electron chi connectivity index (χ3n) is 4.83. The summed E-state index contributed by atoms with van der Waals surface area (Å²) < 4.78 is 5.17. The van der Waals surface area contributed by atoms with Gasteiger partial charge in [0.2, 0.25) is 5.91 Å². The molecule has 0 unspecified atom stereocenters. The van der Waals surface area contributed by atoms with Gasteiger partial charge in [-0.25, -0.2) is 4.98 Å². The molecule has 0 N–H and O–H groups in total. The monoisotopic (exact) mass is 373 g/mol. The fourth-order valence-electron chi connectivity index (χ4n) is 3.31. The van der Waals surface area contributed by atoms with E-state index in [1.54, 1.807) is 13.3 Å². The van der Waals surface area contributed by atoms with Crippen LogP contribution in [0, 0.1) is 5.92 Å². The van der Waals surface area contributed by atoms with Gasteiger partial charge in [-0.15, -0.1) is 0 Å². The zero-order valence-electron chi connectivity index (χ0n) is 15.2. The van der Waals surface area contributed by atoms with Gasteiger partial charge in [0.1, 0.15) is 11.6 Å². The number of pyridine rings is 1. The molecule has 1 amide bonds. The second-order valence-corrected chi connectivity index (χ2v) is 7.07. The van der Waals surface area contributed by atoms with Gasteiger partial charge in [-0.1, -0.05) is 23.7 Å². The quantitative estimate of drug-likeness (QED) is 0.803. The molecule has 1 aliphatic heterocycles. The first-order valence-corrected chi connectivity index (χ1v) is 9.19. The molecule has 0 radical (unpaired) electrons. The molecule has 1 aromatic heterocycles. The number of carbonyl (C=O) groups excluding carboxylic acids is 1. The van der Waals surface area contributed by atoms with E-state index in [4.69, 9.17) is 16.3 Å². The second kappa shape index (κ2) is 8.41. The fraction of sp³-hybridized carbons (Fsp3) is 0.400. The number of carbonyl (C=O) groups is 1. The first-order valence-electron chi connectivity index (χ1n) is 8.81. The Morgan fingerprint density at radius 1 is 1.23 bits per heavy atom. The molecule has 5 nitrogen and oxygen atoms in total. The summed E-state index contributed by atoms with van der Waals surface area (Å²) in [4.78, 5) is 21.2. The Balaban J connectivity index is 1.52. The van der Waals surface area contributed by atoms with Crippen LogP contribution in [0.3, 0.4) is 0 Å². The van der Waals surface area contributed by atoms with E-state index in [0.29, 0.717) is 11.6 Å². The van der Waals surface area contributed by atoms with E-state index in [2.05, 4.69) is 9.88 Å². The fourth-order valence-corrected chi connectivity index (χ4v) is 3.42. The van der Waals surface area contributed by atoms with Gasteiger partial charge in [-0.2, -0.15) is 0 Å². The van der Waals surface area contributed by atoms with Gasteiger partial charge < -0.3 is 14.5 Å². The highest BCUT2D eigenvalue weighted by Crippen LogP contribution is 2.24. The Morgan fingerprint density at radius 3 is 2.50 bits per heavy atom. The van der Waals surface area contributed by atoms with Crippen LogP contribution in [-0.2, 0) is 11.3 Å². The van der Waals surface area contributed by atoms with Gasteiger partial charge >= 0.3 is 0 Å². The van der Waals surface area contributed by atoms with E-state index in [-0.39, 0.29) is 11.8 Å². The zero-order valence-corrected chi connectivity index (χ0v) is 15.9. The highest BCUT2D eigenvalue weighted by molar-refractivity contribution is 6.30. The van der Waals surface area contributed by atoms with Gasteiger partial charge in [0.25, 0.3) is 0 Å². The van der Waals surface area contributed by atoms with Crippen LogP contribution in [0.2, 0.25) is 5.02 Å². The van der Waals surface area contributed by atoms with Crippen molar-refractivity contribution in [2.24, 2.45) is 5.92 Å². The summed E-state index contributed by atoms with van der Waals surface area (Å²) in [6.45, 7) is 2.28. The molecule has 0 atom stereocenters. The molecule has 1 aromatic carbocycles. The number of hydrogen-bond donors (Lipinski definition) is 0. The van der Waals surface area contributed by atoms with Crippen molar-refractivity contribution in [2.45, 2.75) is 19.4 Å². The van der Waals surface area contributed by atoms with Crippen molar-refractivity contribution in [1.29, 1.82) is 0 Å². The van der Waals surface area contributed by atoms with E-state index < -0.39 is 0 Å². The largest absolute Gasteiger partial charge is 0.497 e. The predicted octanol–water partition coefficient (Wildman–Crippen LogP) is 3.62. The third kappa shape index (κ3) is 4.47. The van der Waals surface area contributed by atoms with Gasteiger partial charge in [0, 0.05) is 38.8 Å². The Hall–Kier alpha value is -2.27. The van der Waals surface area contributed by atoms with E-state index >= 15 is 0 Å². The molecule has 1 fully saturated rings. The Bertz CT molecular complexity index is 726. The van der Waals surface area contributed by atoms with Crippen LogP contribution in [0.15, 0.2) is 42.6 Å². The molecular formula is C20H24ClN3O2. The van der Waals surface area contributed by atoms with Crippen LogP contribution >= 0.6 is 11.6 Å². The highest BCUT2D eigenvalue weighted by atomic mass is 35.5. The van der Waals surface area contributed by atoms with E-state index in [1.165, 1.54) is 0 Å². The summed E-state index contributed by atoms with van der Waals surface area (Å²) in [7, 11) is 3.52. The van der Waals surface area contributed by atoms with Gasteiger partial charge in [-0.3, -0.25) is 4.79 Å². The SMILES string of the molecule is COc1ccc(CN(C)C(=O)C2CCN(c3ccc(Cl)cn3)CC2)cc1. The lowest BCUT2D eigenvalue weighted by atomic mass is 9.95. The number of aromatic nitrogens is 1. The summed E-state index contributed by atoms with van der Waals surface area (Å²) in [6.07, 6.45) is 3.35. The molecule has 2 heterocycles. The molecule has 26 heavy (non-hydrogen) atoms. The maximum absolute atomic E-state index is 12.8. The molecule has 2 aromatic rings. The van der Waals surface area contributed by atoms with Crippen LogP contribution in [0.1, 0.15) is 18.4 Å². The van der Waals surface area contributed by atoms with Crippen LogP contribution in [0.4, 0.5) is 5.82 Å². The third-order valence-corrected chi connectivity index (χ3v) is 5.06. The minimum absolute atomic E-state index is 0.0711. The number of hydrogen-bond acceptors (Lipinski definition) is 4. The summed E-state index contributed by atoms with van der Waals surface area (Å²) in [5, 5.41) is 0.638. The lowest BCUT2D eigenvalue weighted by Gasteiger charge is -2.34. The number of methoxy groups -OCH3 is 1. The molecule has 0 bridgehead atoms. The van der Waals surface area contributed by atoms with Crippen molar-refractivity contribution < 1.29 is 9.53 Å². The maximum atomic E-state index is 12.8. The topological polar surface area (TPSA) is 45.7 Å². The molecule has 0 spiro atoms. The van der Waals surface area contributed by atoms with Crippen molar-refractivity contribution >= 4 is 23.3 Å². The zero-order chi connectivity index (χ0) is 18.5. The van der Waals surface area contributed by atoms with Crippen LogP contribution in [0.5, 0.6) is 5.75 Å². The van der Waals surface area contributed by atoms with Crippen LogP contribution in [-0.4, -0.2) is 43.0 Å². The number of anilines is 1. The highest BCUT2D eigenvalue weighted by Gasteiger charge is 2.27. The first kappa shape index (κ1) is 18.5. The molecular weight excluding hydrogens is 350 g/mol. The number of nitrogens with zero attached hydrogens (tertiary/aromatic N) is 3. The summed E-state index contributed by atoms with van der Waals surface area (Å²) >= 11 is 5.90. The smallest absolute Gasteiger partial charge is 0.225 e. The Kier molecular flexibility index (Phi) is 5.99. The van der Waals surface area contributed by atoms with Gasteiger partial charge in [0.05, 0.1) is 12.1 Å². The lowest BCUT2D eigenvalue weighted by molar-refractivity contribution is -0.135. The average molecular weight is 374 g/mol. The molecule has 1 aliphatic rings. The normalized spacial score (nSPS) is 15.0. The lowest BCUT2D eigenvalue weighted by Crippen LogP contribution is -2.41. The Labute approximate surface area is 159 Å². The minimum atomic E-state index is 0.0711. The first-order chi connectivity index (χ1) is 12.6. The van der Waals surface area contributed by atoms with E-state index in [1.807, 2.05) is 48.3 Å². The summed E-state index contributed by atoms with van der Waals surface area (Å²) in [5.41, 5.74) is 1.10. The Morgan fingerprint density at radius 2 is 1.92 bits per heavy atom. The van der Waals surface area contributed by atoms with Crippen molar-refractivity contribution in [3.05, 3.63) is 53.2 Å². The van der Waals surface area contributed by atoms with Gasteiger partial charge in [-0.05, 0) is 42.7 Å². The molecule has 0 saturated carbocycles. The summed E-state index contributed by atoms with van der Waals surface area (Å²) in [5.74, 6) is 2.03. The van der Waals surface area contributed by atoms with Crippen molar-refractivity contribution in [2.75, 3.05) is 32.1 Å². The number of ether oxygens (including phenoxy) is 1. The van der Waals surface area contributed by atoms with E-state index in [9.17, 15) is 4.79 Å². The minimum Gasteiger partial charge on any atom is -0.497 e. The van der Waals surface area contributed by atoms with Crippen molar-refractivity contribution in [3.63, 3.8) is 0 Å². The number of halogens is 1. The van der Waals surface area contributed by atoms with E-state index in [0.717, 1.165) is 43.1 Å². The van der Waals surface area contributed by atoms with Crippen LogP contribution < -0.4 is 9.64 Å². The van der Waals surface area contributed by atoms with Gasteiger partial charge in [0.15, 0.2) is 0 Å². The molecule has 138 valence electrons. The molecule has 0 aliphatic carbocycles. The van der Waals surface area contributed by atoms with Crippen LogP contribution in [0.25, 0.3) is 0 Å². The number of benzene rings is 1. The second-order valence-electron chi connectivity index (χ2n) is 6.64. The molecule has 1 saturated heterocycles. The number of amides is 1.